The van der Waals surface area contributed by atoms with E-state index in [1.165, 1.54) is 18.2 Å². The summed E-state index contributed by atoms with van der Waals surface area (Å²) in [6.45, 7) is 5.23. The molecule has 0 saturated carbocycles. The van der Waals surface area contributed by atoms with Gasteiger partial charge in [-0.2, -0.15) is 0 Å². The molecule has 8 heteroatoms. The summed E-state index contributed by atoms with van der Waals surface area (Å²) in [4.78, 5) is 37.0. The molecule has 0 aromatic heterocycles. The predicted octanol–water partition coefficient (Wildman–Crippen LogP) is 5.21. The maximum atomic E-state index is 13.2. The molecule has 1 unspecified atom stereocenters. The number of esters is 2. The Morgan fingerprint density at radius 2 is 1.64 bits per heavy atom. The van der Waals surface area contributed by atoms with Crippen LogP contribution in [0.25, 0.3) is 6.08 Å². The first-order chi connectivity index (χ1) is 17.3. The summed E-state index contributed by atoms with van der Waals surface area (Å²) < 4.78 is 10.7. The molecule has 8 nitrogen and oxygen atoms in total. The largest absolute Gasteiger partial charge is 0.463 e. The maximum absolute atomic E-state index is 13.2. The third-order valence-electron chi connectivity index (χ3n) is 5.54. The SMILES string of the molecule is CCOC(=O)C1=C(C)NC(C)=C(C(=O)OC/C=C/C=C/c2ccccc2)C1c1cccc([N+](=O)[O-])c1. The summed E-state index contributed by atoms with van der Waals surface area (Å²) >= 11 is 0. The van der Waals surface area contributed by atoms with Crippen molar-refractivity contribution in [2.24, 2.45) is 0 Å². The number of carbonyl (C=O) groups excluding carboxylic acids is 2. The summed E-state index contributed by atoms with van der Waals surface area (Å²) in [6, 6.07) is 15.6. The molecule has 0 amide bonds. The van der Waals surface area contributed by atoms with E-state index in [9.17, 15) is 19.7 Å². The van der Waals surface area contributed by atoms with E-state index in [0.29, 0.717) is 17.0 Å². The molecule has 0 spiro atoms. The van der Waals surface area contributed by atoms with Gasteiger partial charge < -0.3 is 14.8 Å². The second-order valence-corrected chi connectivity index (χ2v) is 8.00. The molecule has 36 heavy (non-hydrogen) atoms. The van der Waals surface area contributed by atoms with Crippen LogP contribution in [-0.2, 0) is 19.1 Å². The minimum Gasteiger partial charge on any atom is -0.463 e. The van der Waals surface area contributed by atoms with E-state index in [0.717, 1.165) is 5.56 Å². The Kier molecular flexibility index (Phi) is 8.94. The Morgan fingerprint density at radius 3 is 2.28 bits per heavy atom. The first-order valence-electron chi connectivity index (χ1n) is 11.5. The molecule has 0 fully saturated rings. The van der Waals surface area contributed by atoms with Crippen LogP contribution in [0.5, 0.6) is 0 Å². The van der Waals surface area contributed by atoms with E-state index in [4.69, 9.17) is 9.47 Å². The van der Waals surface area contributed by atoms with Crippen molar-refractivity contribution in [1.82, 2.24) is 5.32 Å². The Labute approximate surface area is 209 Å². The molecule has 0 bridgehead atoms. The number of nitrogens with one attached hydrogen (secondary N) is 1. The van der Waals surface area contributed by atoms with Crippen LogP contribution in [0, 0.1) is 10.1 Å². The minimum atomic E-state index is -0.889. The van der Waals surface area contributed by atoms with Gasteiger partial charge in [0.25, 0.3) is 5.69 Å². The van der Waals surface area contributed by atoms with Crippen LogP contribution in [0.15, 0.2) is 95.4 Å². The predicted molar refractivity (Wildman–Crippen MR) is 137 cm³/mol. The van der Waals surface area contributed by atoms with Crippen molar-refractivity contribution in [3.8, 4) is 0 Å². The van der Waals surface area contributed by atoms with Crippen LogP contribution >= 0.6 is 0 Å². The fraction of sp³-hybridized carbons (Fsp3) is 0.214. The zero-order valence-corrected chi connectivity index (χ0v) is 20.4. The van der Waals surface area contributed by atoms with Crippen LogP contribution in [0.3, 0.4) is 0 Å². The van der Waals surface area contributed by atoms with Crippen molar-refractivity contribution < 1.29 is 24.0 Å². The molecule has 0 aliphatic carbocycles. The number of nitro benzene ring substituents is 1. The molecule has 0 radical (unpaired) electrons. The summed E-state index contributed by atoms with van der Waals surface area (Å²) in [5.41, 5.74) is 2.71. The van der Waals surface area contributed by atoms with Gasteiger partial charge in [-0.25, -0.2) is 9.59 Å². The lowest BCUT2D eigenvalue weighted by Gasteiger charge is -2.30. The summed E-state index contributed by atoms with van der Waals surface area (Å²) in [5.74, 6) is -2.13. The molecule has 2 aromatic carbocycles. The average Bonchev–Trinajstić information content (AvgIpc) is 2.86. The van der Waals surface area contributed by atoms with Gasteiger partial charge in [0.1, 0.15) is 6.61 Å². The lowest BCUT2D eigenvalue weighted by molar-refractivity contribution is -0.384. The van der Waals surface area contributed by atoms with Crippen molar-refractivity contribution in [2.45, 2.75) is 26.7 Å². The van der Waals surface area contributed by atoms with Crippen molar-refractivity contribution in [3.05, 3.63) is 117 Å². The molecule has 3 rings (SSSR count). The second kappa shape index (κ2) is 12.3. The smallest absolute Gasteiger partial charge is 0.337 e. The average molecular weight is 489 g/mol. The highest BCUT2D eigenvalue weighted by Gasteiger charge is 2.38. The first kappa shape index (κ1) is 26.2. The number of nitrogens with zero attached hydrogens (tertiary/aromatic N) is 1. The van der Waals surface area contributed by atoms with Crippen LogP contribution < -0.4 is 5.32 Å². The van der Waals surface area contributed by atoms with E-state index < -0.39 is 22.8 Å². The van der Waals surface area contributed by atoms with Crippen LogP contribution in [0.1, 0.15) is 37.8 Å². The molecule has 0 saturated heterocycles. The van der Waals surface area contributed by atoms with Gasteiger partial charge in [0.15, 0.2) is 0 Å². The zero-order valence-electron chi connectivity index (χ0n) is 20.4. The number of allylic oxidation sites excluding steroid dienone is 4. The van der Waals surface area contributed by atoms with Crippen LogP contribution in [0.2, 0.25) is 0 Å². The number of carbonyl (C=O) groups is 2. The zero-order chi connectivity index (χ0) is 26.1. The van der Waals surface area contributed by atoms with E-state index in [1.54, 1.807) is 39.0 Å². The minimum absolute atomic E-state index is 0.00777. The summed E-state index contributed by atoms with van der Waals surface area (Å²) in [6.07, 6.45) is 7.23. The van der Waals surface area contributed by atoms with Crippen molar-refractivity contribution in [2.75, 3.05) is 13.2 Å². The third kappa shape index (κ3) is 6.35. The number of ether oxygens (including phenoxy) is 2. The monoisotopic (exact) mass is 488 g/mol. The van der Waals surface area contributed by atoms with E-state index in [2.05, 4.69) is 5.32 Å². The molecule has 186 valence electrons. The molecule has 2 aromatic rings. The molecular formula is C28H28N2O6. The standard InChI is InChI=1S/C28H28N2O6/c1-4-35-27(31)24-19(2)29-20(3)25(26(24)22-15-11-16-23(18-22)30(33)34)28(32)36-17-10-6-9-14-21-12-7-5-8-13-21/h5-16,18,26,29H,4,17H2,1-3H3/b10-6+,14-9+. The number of rotatable bonds is 9. The Bertz CT molecular complexity index is 1260. The van der Waals surface area contributed by atoms with Crippen molar-refractivity contribution in [1.29, 1.82) is 0 Å². The van der Waals surface area contributed by atoms with Gasteiger partial charge in [-0.05, 0) is 38.0 Å². The fourth-order valence-corrected chi connectivity index (χ4v) is 3.96. The lowest BCUT2D eigenvalue weighted by atomic mass is 9.80. The van der Waals surface area contributed by atoms with E-state index in [-0.39, 0.29) is 30.0 Å². The van der Waals surface area contributed by atoms with Gasteiger partial charge in [0.05, 0.1) is 28.6 Å². The Morgan fingerprint density at radius 1 is 0.972 bits per heavy atom. The molecule has 1 N–H and O–H groups in total. The number of hydrogen-bond acceptors (Lipinski definition) is 7. The highest BCUT2D eigenvalue weighted by Crippen LogP contribution is 2.40. The number of benzene rings is 2. The third-order valence-corrected chi connectivity index (χ3v) is 5.54. The Balaban J connectivity index is 1.87. The number of hydrogen-bond donors (Lipinski definition) is 1. The summed E-state index contributed by atoms with van der Waals surface area (Å²) in [5, 5.41) is 14.4. The van der Waals surface area contributed by atoms with Crippen molar-refractivity contribution >= 4 is 23.7 Å². The van der Waals surface area contributed by atoms with Gasteiger partial charge in [0.2, 0.25) is 0 Å². The Hall–Kier alpha value is -4.46. The first-order valence-corrected chi connectivity index (χ1v) is 11.5. The molecule has 1 atom stereocenters. The topological polar surface area (TPSA) is 108 Å². The highest BCUT2D eigenvalue weighted by molar-refractivity contribution is 6.00. The van der Waals surface area contributed by atoms with Gasteiger partial charge in [-0.3, -0.25) is 10.1 Å². The number of dihydropyridines is 1. The molecule has 1 aliphatic heterocycles. The van der Waals surface area contributed by atoms with Crippen molar-refractivity contribution in [3.63, 3.8) is 0 Å². The molecule has 1 aliphatic rings. The fourth-order valence-electron chi connectivity index (χ4n) is 3.96. The summed E-state index contributed by atoms with van der Waals surface area (Å²) in [7, 11) is 0. The van der Waals surface area contributed by atoms with Crippen LogP contribution in [-0.4, -0.2) is 30.1 Å². The van der Waals surface area contributed by atoms with Gasteiger partial charge in [-0.1, -0.05) is 60.7 Å². The van der Waals surface area contributed by atoms with E-state index in [1.807, 2.05) is 42.5 Å². The van der Waals surface area contributed by atoms with Gasteiger partial charge in [-0.15, -0.1) is 0 Å². The molecule has 1 heterocycles. The molecular weight excluding hydrogens is 460 g/mol. The van der Waals surface area contributed by atoms with Crippen LogP contribution in [0.4, 0.5) is 5.69 Å². The van der Waals surface area contributed by atoms with Gasteiger partial charge >= 0.3 is 11.9 Å². The normalized spacial score (nSPS) is 15.8. The number of non-ortho nitro benzene ring substituents is 1. The van der Waals surface area contributed by atoms with E-state index >= 15 is 0 Å². The second-order valence-electron chi connectivity index (χ2n) is 8.00. The quantitative estimate of drug-likeness (QED) is 0.224. The highest BCUT2D eigenvalue weighted by atomic mass is 16.6. The van der Waals surface area contributed by atoms with Gasteiger partial charge in [0, 0.05) is 23.5 Å². The number of nitro groups is 1. The maximum Gasteiger partial charge on any atom is 0.337 e. The lowest BCUT2D eigenvalue weighted by Crippen LogP contribution is -2.32.